The second-order valence-electron chi connectivity index (χ2n) is 8.25. The Morgan fingerprint density at radius 3 is 1.69 bits per heavy atom. The summed E-state index contributed by atoms with van der Waals surface area (Å²) in [6.07, 6.45) is -0.206. The summed E-state index contributed by atoms with van der Waals surface area (Å²) >= 11 is 0. The summed E-state index contributed by atoms with van der Waals surface area (Å²) < 4.78 is 21.3. The van der Waals surface area contributed by atoms with Crippen molar-refractivity contribution in [3.8, 4) is 0 Å². The second-order valence-corrected chi connectivity index (χ2v) is 8.25. The van der Waals surface area contributed by atoms with Crippen molar-refractivity contribution in [2.45, 2.75) is 40.0 Å². The molecule has 0 atom stereocenters. The zero-order chi connectivity index (χ0) is 25.8. The maximum atomic E-state index is 13.8. The summed E-state index contributed by atoms with van der Waals surface area (Å²) in [4.78, 5) is 52.5. The molecule has 4 rings (SSSR count). The summed E-state index contributed by atoms with van der Waals surface area (Å²) in [6.45, 7) is 5.86. The third kappa shape index (κ3) is 4.54. The van der Waals surface area contributed by atoms with Crippen LogP contribution in [0.4, 0.5) is 9.59 Å². The molecule has 0 aliphatic heterocycles. The molecular formula is C28H26O8. The van der Waals surface area contributed by atoms with Crippen LogP contribution in [0.15, 0.2) is 53.6 Å². The van der Waals surface area contributed by atoms with Gasteiger partial charge in [-0.15, -0.1) is 0 Å². The Bertz CT molecular complexity index is 1310. The number of aryl methyl sites for hydroxylation is 1. The fourth-order valence-electron chi connectivity index (χ4n) is 4.08. The van der Waals surface area contributed by atoms with Crippen molar-refractivity contribution in [2.24, 2.45) is 0 Å². The van der Waals surface area contributed by atoms with Crippen LogP contribution in [0.2, 0.25) is 0 Å². The van der Waals surface area contributed by atoms with Crippen molar-refractivity contribution >= 4 is 35.4 Å². The fourth-order valence-corrected chi connectivity index (χ4v) is 4.08. The highest BCUT2D eigenvalue weighted by atomic mass is 16.7. The lowest BCUT2D eigenvalue weighted by Crippen LogP contribution is -2.29. The van der Waals surface area contributed by atoms with Gasteiger partial charge in [-0.25, -0.2) is 9.59 Å². The quantitative estimate of drug-likeness (QED) is 0.443. The molecule has 186 valence electrons. The molecule has 0 saturated heterocycles. The molecule has 2 aliphatic carbocycles. The molecule has 2 aromatic carbocycles. The van der Waals surface area contributed by atoms with Crippen molar-refractivity contribution < 1.29 is 38.1 Å². The standard InChI is InChI=1S/C28H26O8/c1-4-13-33-27(31)35-25-19-10-8-7-9-17(19)23(29)22-21(25)24(30)18-12-11-16(6-3)15-20(18)26(22)36-28(32)34-14-5-2/h7-12,15H,4-6,13-14H2,1-3H3. The maximum Gasteiger partial charge on any atom is 0.513 e. The average Bonchev–Trinajstić information content (AvgIpc) is 2.89. The molecule has 2 aromatic rings. The van der Waals surface area contributed by atoms with E-state index in [9.17, 15) is 19.2 Å². The topological polar surface area (TPSA) is 105 Å². The molecule has 8 heteroatoms. The highest BCUT2D eigenvalue weighted by Gasteiger charge is 2.43. The molecule has 0 radical (unpaired) electrons. The Morgan fingerprint density at radius 1 is 0.667 bits per heavy atom. The number of Topliss-reactive ketones (excluding diaryl/α,β-unsaturated/α-hetero) is 2. The number of fused-ring (bicyclic) bond motifs is 3. The van der Waals surface area contributed by atoms with Crippen LogP contribution < -0.4 is 0 Å². The molecule has 0 heterocycles. The minimum atomic E-state index is -1.01. The molecule has 0 amide bonds. The van der Waals surface area contributed by atoms with Gasteiger partial charge < -0.3 is 18.9 Å². The first-order valence-electron chi connectivity index (χ1n) is 11.9. The van der Waals surface area contributed by atoms with E-state index >= 15 is 0 Å². The zero-order valence-corrected chi connectivity index (χ0v) is 20.3. The Hall–Kier alpha value is -4.20. The number of allylic oxidation sites excluding steroid dienone is 2. The van der Waals surface area contributed by atoms with Gasteiger partial charge in [0, 0.05) is 22.3 Å². The van der Waals surface area contributed by atoms with Gasteiger partial charge in [0.2, 0.25) is 0 Å². The van der Waals surface area contributed by atoms with Gasteiger partial charge in [0.05, 0.1) is 24.4 Å². The molecule has 0 saturated carbocycles. The van der Waals surface area contributed by atoms with E-state index in [1.54, 1.807) is 42.5 Å². The lowest BCUT2D eigenvalue weighted by molar-refractivity contribution is 0.0855. The van der Waals surface area contributed by atoms with E-state index in [4.69, 9.17) is 18.9 Å². The normalized spacial score (nSPS) is 14.1. The van der Waals surface area contributed by atoms with E-state index in [2.05, 4.69) is 0 Å². The van der Waals surface area contributed by atoms with E-state index in [1.165, 1.54) is 0 Å². The summed E-state index contributed by atoms with van der Waals surface area (Å²) in [6, 6.07) is 11.6. The van der Waals surface area contributed by atoms with Crippen molar-refractivity contribution in [2.75, 3.05) is 13.2 Å². The van der Waals surface area contributed by atoms with E-state index in [1.807, 2.05) is 20.8 Å². The molecule has 0 unspecified atom stereocenters. The minimum Gasteiger partial charge on any atom is -0.434 e. The largest absolute Gasteiger partial charge is 0.513 e. The summed E-state index contributed by atoms with van der Waals surface area (Å²) in [5.74, 6) is -1.30. The van der Waals surface area contributed by atoms with Crippen molar-refractivity contribution in [3.63, 3.8) is 0 Å². The molecule has 0 spiro atoms. The molecule has 0 N–H and O–H groups in total. The monoisotopic (exact) mass is 490 g/mol. The van der Waals surface area contributed by atoms with E-state index in [0.717, 1.165) is 5.56 Å². The highest BCUT2D eigenvalue weighted by molar-refractivity contribution is 6.34. The van der Waals surface area contributed by atoms with Crippen LogP contribution in [0.25, 0.3) is 11.5 Å². The van der Waals surface area contributed by atoms with Crippen molar-refractivity contribution in [1.29, 1.82) is 0 Å². The van der Waals surface area contributed by atoms with Gasteiger partial charge in [-0.05, 0) is 30.9 Å². The Kier molecular flexibility index (Phi) is 7.33. The van der Waals surface area contributed by atoms with Gasteiger partial charge in [-0.1, -0.05) is 57.2 Å². The third-order valence-electron chi connectivity index (χ3n) is 5.77. The van der Waals surface area contributed by atoms with Crippen LogP contribution in [0.5, 0.6) is 0 Å². The van der Waals surface area contributed by atoms with Crippen LogP contribution in [-0.2, 0) is 25.4 Å². The minimum absolute atomic E-state index is 0.112. The molecule has 8 nitrogen and oxygen atoms in total. The number of benzene rings is 2. The molecule has 0 bridgehead atoms. The van der Waals surface area contributed by atoms with Crippen LogP contribution in [0, 0.1) is 0 Å². The second kappa shape index (κ2) is 10.6. The number of hydrogen-bond acceptors (Lipinski definition) is 8. The van der Waals surface area contributed by atoms with Gasteiger partial charge in [-0.2, -0.15) is 0 Å². The van der Waals surface area contributed by atoms with Gasteiger partial charge in [0.25, 0.3) is 0 Å². The number of ether oxygens (including phenoxy) is 4. The predicted octanol–water partition coefficient (Wildman–Crippen LogP) is 5.89. The summed E-state index contributed by atoms with van der Waals surface area (Å²) in [5, 5.41) is 0. The Labute approximate surface area is 208 Å². The fraction of sp³-hybridized carbons (Fsp3) is 0.286. The van der Waals surface area contributed by atoms with E-state index < -0.39 is 23.9 Å². The number of hydrogen-bond donors (Lipinski definition) is 0. The van der Waals surface area contributed by atoms with Gasteiger partial charge >= 0.3 is 12.3 Å². The summed E-state index contributed by atoms with van der Waals surface area (Å²) in [7, 11) is 0. The number of ketones is 2. The maximum absolute atomic E-state index is 13.8. The first-order valence-corrected chi connectivity index (χ1v) is 11.9. The molecule has 0 fully saturated rings. The van der Waals surface area contributed by atoms with Crippen molar-refractivity contribution in [1.82, 2.24) is 0 Å². The zero-order valence-electron chi connectivity index (χ0n) is 20.3. The smallest absolute Gasteiger partial charge is 0.434 e. The Morgan fingerprint density at radius 2 is 1.17 bits per heavy atom. The number of carbonyl (C=O) groups is 4. The van der Waals surface area contributed by atoms with Crippen LogP contribution in [0.1, 0.15) is 71.0 Å². The SMILES string of the molecule is CCCOC(=O)OC1=C2C(=O)c3ccc(CC)cc3C(OC(=O)OCCC)=C2C(=O)c2ccccc21. The molecular weight excluding hydrogens is 464 g/mol. The molecule has 36 heavy (non-hydrogen) atoms. The highest BCUT2D eigenvalue weighted by Crippen LogP contribution is 2.45. The first kappa shape index (κ1) is 24.9. The number of rotatable bonds is 7. The van der Waals surface area contributed by atoms with Crippen LogP contribution >= 0.6 is 0 Å². The lowest BCUT2D eigenvalue weighted by atomic mass is 9.76. The lowest BCUT2D eigenvalue weighted by Gasteiger charge is -2.29. The predicted molar refractivity (Wildman–Crippen MR) is 130 cm³/mol. The van der Waals surface area contributed by atoms with Crippen LogP contribution in [0.3, 0.4) is 0 Å². The molecule has 2 aliphatic rings. The van der Waals surface area contributed by atoms with Crippen molar-refractivity contribution in [3.05, 3.63) is 81.4 Å². The van der Waals surface area contributed by atoms with Gasteiger partial charge in [-0.3, -0.25) is 9.59 Å². The first-order chi connectivity index (χ1) is 17.4. The summed E-state index contributed by atoms with van der Waals surface area (Å²) in [5.41, 5.74) is 1.52. The van der Waals surface area contributed by atoms with E-state index in [0.29, 0.717) is 24.8 Å². The van der Waals surface area contributed by atoms with E-state index in [-0.39, 0.29) is 52.6 Å². The third-order valence-corrected chi connectivity index (χ3v) is 5.77. The number of carbonyl (C=O) groups excluding carboxylic acids is 4. The molecule has 0 aromatic heterocycles. The van der Waals surface area contributed by atoms with Gasteiger partial charge in [0.1, 0.15) is 0 Å². The van der Waals surface area contributed by atoms with Crippen LogP contribution in [-0.4, -0.2) is 37.1 Å². The Balaban J connectivity index is 1.99. The van der Waals surface area contributed by atoms with Gasteiger partial charge in [0.15, 0.2) is 23.1 Å². The average molecular weight is 491 g/mol.